The molecule has 1 amide bonds. The van der Waals surface area contributed by atoms with E-state index in [1.807, 2.05) is 36.4 Å². The fourth-order valence-corrected chi connectivity index (χ4v) is 3.38. The molecule has 6 nitrogen and oxygen atoms in total. The maximum absolute atomic E-state index is 12.1. The standard InChI is InChI=1S/C23H23NO5/c1-14(25)24-23(17-10-11-19(27-3)21(13-17)28-4)22-18-8-6-5-7-16(18)9-12-20(22)29-15(2)26/h5-13,23H,1-4H3,(H,24,25)/t23-/m1/s1. The lowest BCUT2D eigenvalue weighted by atomic mass is 9.92. The molecule has 3 aromatic rings. The van der Waals surface area contributed by atoms with E-state index in [9.17, 15) is 9.59 Å². The van der Waals surface area contributed by atoms with E-state index in [0.717, 1.165) is 16.3 Å². The Morgan fingerprint density at radius 3 is 2.21 bits per heavy atom. The van der Waals surface area contributed by atoms with Gasteiger partial charge in [-0.15, -0.1) is 0 Å². The summed E-state index contributed by atoms with van der Waals surface area (Å²) in [4.78, 5) is 23.8. The van der Waals surface area contributed by atoms with Crippen molar-refractivity contribution in [1.29, 1.82) is 0 Å². The van der Waals surface area contributed by atoms with Crippen LogP contribution in [-0.4, -0.2) is 26.1 Å². The highest BCUT2D eigenvalue weighted by Gasteiger charge is 2.24. The topological polar surface area (TPSA) is 73.9 Å². The second kappa shape index (κ2) is 8.65. The average Bonchev–Trinajstić information content (AvgIpc) is 2.71. The normalized spacial score (nSPS) is 11.6. The van der Waals surface area contributed by atoms with Gasteiger partial charge in [-0.1, -0.05) is 36.4 Å². The van der Waals surface area contributed by atoms with E-state index in [1.165, 1.54) is 13.8 Å². The molecule has 0 radical (unpaired) electrons. The van der Waals surface area contributed by atoms with Crippen LogP contribution in [0.15, 0.2) is 54.6 Å². The molecular weight excluding hydrogens is 370 g/mol. The number of rotatable bonds is 6. The molecule has 150 valence electrons. The summed E-state index contributed by atoms with van der Waals surface area (Å²) >= 11 is 0. The third-order valence-electron chi connectivity index (χ3n) is 4.56. The number of amides is 1. The van der Waals surface area contributed by atoms with Crippen LogP contribution in [0, 0.1) is 0 Å². The second-order valence-electron chi connectivity index (χ2n) is 6.54. The van der Waals surface area contributed by atoms with Crippen LogP contribution in [0.1, 0.15) is 31.0 Å². The van der Waals surface area contributed by atoms with Crippen LogP contribution in [0.25, 0.3) is 10.8 Å². The van der Waals surface area contributed by atoms with Crippen LogP contribution in [0.2, 0.25) is 0 Å². The second-order valence-corrected chi connectivity index (χ2v) is 6.54. The lowest BCUT2D eigenvalue weighted by molar-refractivity contribution is -0.131. The third-order valence-corrected chi connectivity index (χ3v) is 4.56. The van der Waals surface area contributed by atoms with Gasteiger partial charge in [-0.2, -0.15) is 0 Å². The summed E-state index contributed by atoms with van der Waals surface area (Å²) in [6.45, 7) is 2.80. The van der Waals surface area contributed by atoms with Gasteiger partial charge in [0.15, 0.2) is 11.5 Å². The first-order chi connectivity index (χ1) is 13.9. The first-order valence-corrected chi connectivity index (χ1v) is 9.13. The Morgan fingerprint density at radius 1 is 0.862 bits per heavy atom. The molecule has 6 heteroatoms. The molecule has 0 fully saturated rings. The zero-order valence-corrected chi connectivity index (χ0v) is 16.8. The van der Waals surface area contributed by atoms with Crippen LogP contribution < -0.4 is 19.5 Å². The molecule has 0 saturated carbocycles. The van der Waals surface area contributed by atoms with Crippen molar-refractivity contribution in [2.75, 3.05) is 14.2 Å². The molecule has 0 bridgehead atoms. The zero-order valence-electron chi connectivity index (χ0n) is 16.8. The number of methoxy groups -OCH3 is 2. The minimum Gasteiger partial charge on any atom is -0.493 e. The quantitative estimate of drug-likeness (QED) is 0.506. The third kappa shape index (κ3) is 4.32. The first kappa shape index (κ1) is 20.2. The summed E-state index contributed by atoms with van der Waals surface area (Å²) < 4.78 is 16.2. The van der Waals surface area contributed by atoms with Crippen LogP contribution >= 0.6 is 0 Å². The van der Waals surface area contributed by atoms with Crippen LogP contribution in [0.3, 0.4) is 0 Å². The minimum atomic E-state index is -0.562. The largest absolute Gasteiger partial charge is 0.493 e. The molecule has 0 aliphatic rings. The smallest absolute Gasteiger partial charge is 0.308 e. The predicted octanol–water partition coefficient (Wildman–Crippen LogP) is 4.01. The molecule has 29 heavy (non-hydrogen) atoms. The average molecular weight is 393 g/mol. The van der Waals surface area contributed by atoms with Gasteiger partial charge in [-0.05, 0) is 34.5 Å². The molecule has 0 spiro atoms. The van der Waals surface area contributed by atoms with E-state index >= 15 is 0 Å². The van der Waals surface area contributed by atoms with E-state index < -0.39 is 12.0 Å². The molecule has 3 aromatic carbocycles. The monoisotopic (exact) mass is 393 g/mol. The van der Waals surface area contributed by atoms with E-state index in [4.69, 9.17) is 14.2 Å². The van der Waals surface area contributed by atoms with E-state index in [1.54, 1.807) is 32.4 Å². The van der Waals surface area contributed by atoms with Crippen molar-refractivity contribution in [3.63, 3.8) is 0 Å². The molecule has 0 saturated heterocycles. The summed E-state index contributed by atoms with van der Waals surface area (Å²) in [5.41, 5.74) is 1.46. The number of benzene rings is 3. The Labute approximate surface area is 169 Å². The Morgan fingerprint density at radius 2 is 1.55 bits per heavy atom. The molecule has 0 unspecified atom stereocenters. The van der Waals surface area contributed by atoms with Crippen molar-refractivity contribution in [3.05, 3.63) is 65.7 Å². The van der Waals surface area contributed by atoms with Gasteiger partial charge in [0.25, 0.3) is 0 Å². The molecule has 1 atom stereocenters. The number of carbonyl (C=O) groups is 2. The summed E-state index contributed by atoms with van der Waals surface area (Å²) in [7, 11) is 3.11. The molecule has 0 aliphatic carbocycles. The first-order valence-electron chi connectivity index (χ1n) is 9.13. The molecule has 1 N–H and O–H groups in total. The summed E-state index contributed by atoms with van der Waals surface area (Å²) in [6.07, 6.45) is 0. The fraction of sp³-hybridized carbons (Fsp3) is 0.217. The summed E-state index contributed by atoms with van der Waals surface area (Å²) in [5, 5.41) is 4.82. The lowest BCUT2D eigenvalue weighted by Gasteiger charge is -2.24. The highest BCUT2D eigenvalue weighted by atomic mass is 16.5. The van der Waals surface area contributed by atoms with E-state index in [-0.39, 0.29) is 5.91 Å². The maximum Gasteiger partial charge on any atom is 0.308 e. The number of fused-ring (bicyclic) bond motifs is 1. The van der Waals surface area contributed by atoms with Crippen molar-refractivity contribution in [2.45, 2.75) is 19.9 Å². The van der Waals surface area contributed by atoms with Gasteiger partial charge in [0.2, 0.25) is 5.91 Å². The number of hydrogen-bond donors (Lipinski definition) is 1. The fourth-order valence-electron chi connectivity index (χ4n) is 3.38. The number of nitrogens with one attached hydrogen (secondary N) is 1. The van der Waals surface area contributed by atoms with Gasteiger partial charge < -0.3 is 19.5 Å². The number of carbonyl (C=O) groups excluding carboxylic acids is 2. The van der Waals surface area contributed by atoms with Crippen LogP contribution in [0.5, 0.6) is 17.2 Å². The molecule has 3 rings (SSSR count). The van der Waals surface area contributed by atoms with E-state index in [2.05, 4.69) is 5.32 Å². The summed E-state index contributed by atoms with van der Waals surface area (Å²) in [5.74, 6) is 0.859. The van der Waals surface area contributed by atoms with Crippen molar-refractivity contribution in [2.24, 2.45) is 0 Å². The van der Waals surface area contributed by atoms with Gasteiger partial charge in [-0.25, -0.2) is 0 Å². The minimum absolute atomic E-state index is 0.216. The predicted molar refractivity (Wildman–Crippen MR) is 110 cm³/mol. The van der Waals surface area contributed by atoms with Crippen molar-refractivity contribution < 1.29 is 23.8 Å². The van der Waals surface area contributed by atoms with Gasteiger partial charge >= 0.3 is 5.97 Å². The Kier molecular flexibility index (Phi) is 6.02. The van der Waals surface area contributed by atoms with Crippen molar-refractivity contribution >= 4 is 22.6 Å². The molecule has 0 aromatic heterocycles. The summed E-state index contributed by atoms with van der Waals surface area (Å²) in [6, 6.07) is 16.2. The molecule has 0 heterocycles. The maximum atomic E-state index is 12.1. The SMILES string of the molecule is COc1ccc([C@@H](NC(C)=O)c2c(OC(C)=O)ccc3ccccc23)cc1OC. The Bertz CT molecular complexity index is 1060. The number of ether oxygens (including phenoxy) is 3. The van der Waals surface area contributed by atoms with E-state index in [0.29, 0.717) is 22.8 Å². The van der Waals surface area contributed by atoms with Gasteiger partial charge in [-0.3, -0.25) is 9.59 Å². The highest BCUT2D eigenvalue weighted by molar-refractivity contribution is 5.90. The molecule has 0 aliphatic heterocycles. The zero-order chi connectivity index (χ0) is 21.0. The van der Waals surface area contributed by atoms with Crippen LogP contribution in [-0.2, 0) is 9.59 Å². The van der Waals surface area contributed by atoms with Gasteiger partial charge in [0.1, 0.15) is 5.75 Å². The van der Waals surface area contributed by atoms with Gasteiger partial charge in [0, 0.05) is 19.4 Å². The number of esters is 1. The Hall–Kier alpha value is -3.54. The lowest BCUT2D eigenvalue weighted by Crippen LogP contribution is -2.28. The Balaban J connectivity index is 2.28. The van der Waals surface area contributed by atoms with Crippen molar-refractivity contribution in [1.82, 2.24) is 5.32 Å². The highest BCUT2D eigenvalue weighted by Crippen LogP contribution is 2.39. The number of hydrogen-bond acceptors (Lipinski definition) is 5. The van der Waals surface area contributed by atoms with Crippen LogP contribution in [0.4, 0.5) is 0 Å². The van der Waals surface area contributed by atoms with Crippen molar-refractivity contribution in [3.8, 4) is 17.2 Å². The molecular formula is C23H23NO5. The van der Waals surface area contributed by atoms with Gasteiger partial charge in [0.05, 0.1) is 20.3 Å².